The Morgan fingerprint density at radius 1 is 1.25 bits per heavy atom. The second-order valence-electron chi connectivity index (χ2n) is 6.36. The van der Waals surface area contributed by atoms with Crippen LogP contribution in [0.1, 0.15) is 6.42 Å². The summed E-state index contributed by atoms with van der Waals surface area (Å²) < 4.78 is 11.1. The Bertz CT molecular complexity index is 416. The fourth-order valence-electron chi connectivity index (χ4n) is 2.85. The second-order valence-corrected chi connectivity index (χ2v) is 6.36. The number of hydrogen-bond donors (Lipinski definition) is 1. The van der Waals surface area contributed by atoms with Gasteiger partial charge in [0.25, 0.3) is 0 Å². The summed E-state index contributed by atoms with van der Waals surface area (Å²) in [4.78, 5) is 22.3. The van der Waals surface area contributed by atoms with Crippen LogP contribution >= 0.6 is 0 Å². The molecule has 8 heteroatoms. The van der Waals surface area contributed by atoms with Gasteiger partial charge >= 0.3 is 0 Å². The molecule has 138 valence electrons. The van der Waals surface area contributed by atoms with Crippen molar-refractivity contribution in [3.8, 4) is 0 Å². The molecular weight excluding hydrogens is 310 g/mol. The molecule has 2 fully saturated rings. The maximum Gasteiger partial charge on any atom is 0.223 e. The van der Waals surface area contributed by atoms with Gasteiger partial charge in [-0.2, -0.15) is 0 Å². The lowest BCUT2D eigenvalue weighted by Crippen LogP contribution is -2.54. The van der Waals surface area contributed by atoms with Crippen LogP contribution in [0, 0.1) is 0 Å². The molecule has 2 aliphatic rings. The van der Waals surface area contributed by atoms with E-state index in [0.29, 0.717) is 32.8 Å². The number of hydrogen-bond acceptors (Lipinski definition) is 5. The molecule has 2 saturated heterocycles. The van der Waals surface area contributed by atoms with Gasteiger partial charge in [0.2, 0.25) is 5.91 Å². The van der Waals surface area contributed by atoms with Crippen molar-refractivity contribution in [1.82, 2.24) is 20.0 Å². The standard InChI is InChI=1S/C16H31N5O3/c1-17-16(18-12-14-13-23-10-11-24-14)21-8-6-20(7-9-21)5-4-15(22)19(2)3/h14H,4-13H2,1-3H3,(H,17,18). The number of aliphatic imine (C=N–C) groups is 1. The van der Waals surface area contributed by atoms with Crippen LogP contribution in [0.5, 0.6) is 0 Å². The molecule has 0 aromatic carbocycles. The van der Waals surface area contributed by atoms with Gasteiger partial charge in [0.15, 0.2) is 5.96 Å². The van der Waals surface area contributed by atoms with E-state index >= 15 is 0 Å². The van der Waals surface area contributed by atoms with Gasteiger partial charge in [-0.25, -0.2) is 0 Å². The average Bonchev–Trinajstić information content (AvgIpc) is 2.62. The van der Waals surface area contributed by atoms with E-state index < -0.39 is 0 Å². The van der Waals surface area contributed by atoms with Crippen molar-refractivity contribution in [1.29, 1.82) is 0 Å². The van der Waals surface area contributed by atoms with E-state index in [1.54, 1.807) is 19.0 Å². The summed E-state index contributed by atoms with van der Waals surface area (Å²) >= 11 is 0. The monoisotopic (exact) mass is 341 g/mol. The first-order chi connectivity index (χ1) is 11.6. The molecule has 0 spiro atoms. The third-order valence-corrected chi connectivity index (χ3v) is 4.40. The van der Waals surface area contributed by atoms with E-state index in [4.69, 9.17) is 9.47 Å². The first-order valence-corrected chi connectivity index (χ1v) is 8.67. The van der Waals surface area contributed by atoms with Gasteiger partial charge in [-0.05, 0) is 0 Å². The summed E-state index contributed by atoms with van der Waals surface area (Å²) in [6, 6.07) is 0. The molecule has 2 aliphatic heterocycles. The molecule has 1 unspecified atom stereocenters. The van der Waals surface area contributed by atoms with Crippen molar-refractivity contribution in [2.45, 2.75) is 12.5 Å². The van der Waals surface area contributed by atoms with Crippen LogP contribution in [0.3, 0.4) is 0 Å². The Morgan fingerprint density at radius 2 is 2.00 bits per heavy atom. The maximum absolute atomic E-state index is 11.7. The topological polar surface area (TPSA) is 69.6 Å². The number of nitrogens with zero attached hydrogens (tertiary/aromatic N) is 4. The fraction of sp³-hybridized carbons (Fsp3) is 0.875. The lowest BCUT2D eigenvalue weighted by atomic mass is 10.3. The summed E-state index contributed by atoms with van der Waals surface area (Å²) in [6.07, 6.45) is 0.674. The molecule has 1 atom stereocenters. The highest BCUT2D eigenvalue weighted by molar-refractivity contribution is 5.80. The Balaban J connectivity index is 1.68. The van der Waals surface area contributed by atoms with E-state index in [1.165, 1.54) is 0 Å². The van der Waals surface area contributed by atoms with Crippen molar-refractivity contribution in [3.05, 3.63) is 0 Å². The summed E-state index contributed by atoms with van der Waals surface area (Å²) in [7, 11) is 5.41. The quantitative estimate of drug-likeness (QED) is 0.515. The minimum atomic E-state index is 0.0915. The maximum atomic E-state index is 11.7. The molecule has 0 bridgehead atoms. The molecule has 2 heterocycles. The van der Waals surface area contributed by atoms with Gasteiger partial charge in [-0.15, -0.1) is 0 Å². The molecular formula is C16H31N5O3. The predicted molar refractivity (Wildman–Crippen MR) is 93.2 cm³/mol. The third-order valence-electron chi connectivity index (χ3n) is 4.40. The van der Waals surface area contributed by atoms with Crippen molar-refractivity contribution in [3.63, 3.8) is 0 Å². The molecule has 24 heavy (non-hydrogen) atoms. The Labute approximate surface area is 144 Å². The van der Waals surface area contributed by atoms with Crippen LogP contribution in [-0.2, 0) is 14.3 Å². The van der Waals surface area contributed by atoms with Gasteiger partial charge in [0.1, 0.15) is 0 Å². The number of nitrogens with one attached hydrogen (secondary N) is 1. The van der Waals surface area contributed by atoms with E-state index in [9.17, 15) is 4.79 Å². The molecule has 0 aliphatic carbocycles. The second kappa shape index (κ2) is 9.80. The summed E-state index contributed by atoms with van der Waals surface area (Å²) in [6.45, 7) is 7.25. The summed E-state index contributed by atoms with van der Waals surface area (Å²) in [5.74, 6) is 1.10. The molecule has 8 nitrogen and oxygen atoms in total. The highest BCUT2D eigenvalue weighted by Crippen LogP contribution is 2.05. The molecule has 1 amide bonds. The van der Waals surface area contributed by atoms with Crippen LogP contribution in [0.2, 0.25) is 0 Å². The number of ether oxygens (including phenoxy) is 2. The molecule has 1 N–H and O–H groups in total. The zero-order chi connectivity index (χ0) is 17.4. The van der Waals surface area contributed by atoms with Crippen LogP contribution in [0.15, 0.2) is 4.99 Å². The molecule has 0 radical (unpaired) electrons. The fourth-order valence-corrected chi connectivity index (χ4v) is 2.85. The van der Waals surface area contributed by atoms with Crippen LogP contribution < -0.4 is 5.32 Å². The lowest BCUT2D eigenvalue weighted by Gasteiger charge is -2.37. The van der Waals surface area contributed by atoms with Gasteiger partial charge in [0, 0.05) is 66.8 Å². The Morgan fingerprint density at radius 3 is 2.58 bits per heavy atom. The largest absolute Gasteiger partial charge is 0.376 e. The van der Waals surface area contributed by atoms with E-state index in [2.05, 4.69) is 20.1 Å². The number of piperazine rings is 1. The van der Waals surface area contributed by atoms with Crippen molar-refractivity contribution in [2.75, 3.05) is 80.2 Å². The number of carbonyl (C=O) groups excluding carboxylic acids is 1. The normalized spacial score (nSPS) is 23.2. The molecule has 0 aromatic rings. The average molecular weight is 341 g/mol. The number of carbonyl (C=O) groups is 1. The predicted octanol–water partition coefficient (Wildman–Crippen LogP) is -0.927. The van der Waals surface area contributed by atoms with Crippen molar-refractivity contribution < 1.29 is 14.3 Å². The minimum absolute atomic E-state index is 0.0915. The van der Waals surface area contributed by atoms with Gasteiger partial charge < -0.3 is 24.6 Å². The third kappa shape index (κ3) is 5.92. The van der Waals surface area contributed by atoms with Crippen LogP contribution in [-0.4, -0.2) is 113 Å². The van der Waals surface area contributed by atoms with Crippen LogP contribution in [0.4, 0.5) is 0 Å². The van der Waals surface area contributed by atoms with Crippen molar-refractivity contribution >= 4 is 11.9 Å². The number of amides is 1. The molecule has 0 saturated carbocycles. The Hall–Kier alpha value is -1.38. The highest BCUT2D eigenvalue weighted by Gasteiger charge is 2.21. The van der Waals surface area contributed by atoms with Gasteiger partial charge in [-0.3, -0.25) is 14.7 Å². The van der Waals surface area contributed by atoms with Crippen molar-refractivity contribution in [2.24, 2.45) is 4.99 Å². The summed E-state index contributed by atoms with van der Waals surface area (Å²) in [5, 5.41) is 3.38. The zero-order valence-corrected chi connectivity index (χ0v) is 15.2. The molecule has 2 rings (SSSR count). The van der Waals surface area contributed by atoms with Gasteiger partial charge in [-0.1, -0.05) is 0 Å². The van der Waals surface area contributed by atoms with Crippen LogP contribution in [0.25, 0.3) is 0 Å². The first-order valence-electron chi connectivity index (χ1n) is 8.67. The number of guanidine groups is 1. The van der Waals surface area contributed by atoms with Gasteiger partial charge in [0.05, 0.1) is 25.9 Å². The van der Waals surface area contributed by atoms with E-state index in [-0.39, 0.29) is 12.0 Å². The molecule has 0 aromatic heterocycles. The van der Waals surface area contributed by atoms with E-state index in [1.807, 2.05) is 7.05 Å². The highest BCUT2D eigenvalue weighted by atomic mass is 16.6. The SMILES string of the molecule is CN=C(NCC1COCCO1)N1CCN(CCC(=O)N(C)C)CC1. The van der Waals surface area contributed by atoms with E-state index in [0.717, 1.165) is 38.7 Å². The zero-order valence-electron chi connectivity index (χ0n) is 15.2. The smallest absolute Gasteiger partial charge is 0.223 e. The minimum Gasteiger partial charge on any atom is -0.376 e. The summed E-state index contributed by atoms with van der Waals surface area (Å²) in [5.41, 5.74) is 0. The number of rotatable bonds is 5. The Kier molecular flexibility index (Phi) is 7.74. The lowest BCUT2D eigenvalue weighted by molar-refractivity contribution is -0.129. The first kappa shape index (κ1) is 19.0.